The number of carbonyl (C=O) groups is 2. The van der Waals surface area contributed by atoms with Crippen LogP contribution in [0.25, 0.3) is 6.08 Å². The Morgan fingerprint density at radius 3 is 2.48 bits per heavy atom. The number of aliphatic hydroxyl groups excluding tert-OH is 2. The maximum absolute atomic E-state index is 12.8. The first kappa shape index (κ1) is 27.2. The Morgan fingerprint density at radius 1 is 1.15 bits per heavy atom. The average Bonchev–Trinajstić information content (AvgIpc) is 3.17. The Hall–Kier alpha value is -2.09. The molecule has 182 valence electrons. The van der Waals surface area contributed by atoms with Gasteiger partial charge in [0.2, 0.25) is 0 Å². The molecule has 0 bridgehead atoms. The number of ether oxygens (including phenoxy) is 1. The molecule has 7 heteroatoms. The molecule has 0 saturated heterocycles. The summed E-state index contributed by atoms with van der Waals surface area (Å²) in [5, 5.41) is 24.1. The molecular weight excluding hydrogens is 438 g/mol. The van der Waals surface area contributed by atoms with E-state index in [9.17, 15) is 19.8 Å². The summed E-state index contributed by atoms with van der Waals surface area (Å²) in [6.07, 6.45) is 6.20. The van der Waals surface area contributed by atoms with Gasteiger partial charge < -0.3 is 14.9 Å². The third-order valence-electron chi connectivity index (χ3n) is 6.28. The number of aromatic nitrogens is 1. The topological polar surface area (TPSA) is 96.7 Å². The van der Waals surface area contributed by atoms with Crippen molar-refractivity contribution in [3.8, 4) is 0 Å². The molecule has 0 spiro atoms. The summed E-state index contributed by atoms with van der Waals surface area (Å²) in [5.74, 6) is -2.36. The molecule has 2 rings (SSSR count). The largest absolute Gasteiger partial charge is 0.457 e. The summed E-state index contributed by atoms with van der Waals surface area (Å²) in [7, 11) is 0. The van der Waals surface area contributed by atoms with E-state index in [2.05, 4.69) is 4.98 Å². The lowest BCUT2D eigenvalue weighted by molar-refractivity contribution is -0.151. The quantitative estimate of drug-likeness (QED) is 0.604. The molecule has 0 fully saturated rings. The number of rotatable bonds is 2. The maximum atomic E-state index is 12.8. The summed E-state index contributed by atoms with van der Waals surface area (Å²) in [6, 6.07) is 0. The van der Waals surface area contributed by atoms with Crippen molar-refractivity contribution in [1.82, 2.24) is 4.98 Å². The smallest absolute Gasteiger partial charge is 0.309 e. The number of Topliss-reactive ketones (excluding diaryl/α,β-unsaturated/α-hetero) is 1. The van der Waals surface area contributed by atoms with Gasteiger partial charge in [0.05, 0.1) is 29.3 Å². The fraction of sp³-hybridized carbons (Fsp3) is 0.577. The lowest BCUT2D eigenvalue weighted by Gasteiger charge is -2.27. The molecule has 0 unspecified atom stereocenters. The summed E-state index contributed by atoms with van der Waals surface area (Å²) < 4.78 is 5.74. The van der Waals surface area contributed by atoms with Gasteiger partial charge >= 0.3 is 5.97 Å². The van der Waals surface area contributed by atoms with Gasteiger partial charge in [0.15, 0.2) is 0 Å². The van der Waals surface area contributed by atoms with Crippen LogP contribution < -0.4 is 0 Å². The van der Waals surface area contributed by atoms with Gasteiger partial charge in [-0.25, -0.2) is 4.98 Å². The highest BCUT2D eigenvalue weighted by molar-refractivity contribution is 7.09. The van der Waals surface area contributed by atoms with Gasteiger partial charge in [-0.3, -0.25) is 9.59 Å². The number of carbonyl (C=O) groups excluding carboxylic acids is 2. The fourth-order valence-electron chi connectivity index (χ4n) is 3.89. The van der Waals surface area contributed by atoms with E-state index in [4.69, 9.17) is 4.74 Å². The number of nitrogens with zero attached hydrogens (tertiary/aromatic N) is 1. The van der Waals surface area contributed by atoms with Crippen LogP contribution in [0.3, 0.4) is 0 Å². The summed E-state index contributed by atoms with van der Waals surface area (Å²) in [6.45, 7) is 11.0. The van der Waals surface area contributed by atoms with Crippen LogP contribution in [-0.4, -0.2) is 45.3 Å². The second-order valence-electron chi connectivity index (χ2n) is 9.20. The molecular formula is C26H37NO5S. The second kappa shape index (κ2) is 12.4. The number of esters is 1. The van der Waals surface area contributed by atoms with Crippen molar-refractivity contribution in [3.63, 3.8) is 0 Å². The van der Waals surface area contributed by atoms with E-state index in [1.807, 2.05) is 57.4 Å². The lowest BCUT2D eigenvalue weighted by Crippen LogP contribution is -2.38. The SMILES string of the molecule is CC1=CC[C@@H](C(C)=Cc2csc(C)n2)OC(=O)C[C@H](O)[C@@H](C)C(=O)[C@H](C)[C@@H](O)[C@@H](C)CC=C1. The zero-order chi connectivity index (χ0) is 24.7. The van der Waals surface area contributed by atoms with Gasteiger partial charge in [-0.05, 0) is 44.8 Å². The van der Waals surface area contributed by atoms with Crippen LogP contribution in [0.2, 0.25) is 0 Å². The highest BCUT2D eigenvalue weighted by Crippen LogP contribution is 2.24. The summed E-state index contributed by atoms with van der Waals surface area (Å²) in [5.41, 5.74) is 2.69. The highest BCUT2D eigenvalue weighted by atomic mass is 32.1. The molecule has 6 nitrogen and oxygen atoms in total. The van der Waals surface area contributed by atoms with Crippen molar-refractivity contribution in [3.05, 3.63) is 45.5 Å². The van der Waals surface area contributed by atoms with Crippen LogP contribution in [0.1, 0.15) is 64.6 Å². The van der Waals surface area contributed by atoms with Crippen molar-refractivity contribution in [2.45, 2.75) is 79.1 Å². The number of cyclic esters (lactones) is 1. The molecule has 33 heavy (non-hydrogen) atoms. The van der Waals surface area contributed by atoms with Gasteiger partial charge in [0.25, 0.3) is 0 Å². The molecule has 1 aliphatic rings. The molecule has 1 aromatic rings. The zero-order valence-electron chi connectivity index (χ0n) is 20.4. The van der Waals surface area contributed by atoms with Gasteiger partial charge in [-0.15, -0.1) is 11.3 Å². The number of thiazole rings is 1. The van der Waals surface area contributed by atoms with Crippen LogP contribution in [0.5, 0.6) is 0 Å². The molecule has 0 aromatic carbocycles. The first-order valence-electron chi connectivity index (χ1n) is 11.5. The molecule has 0 aliphatic carbocycles. The van der Waals surface area contributed by atoms with E-state index in [1.54, 1.807) is 25.2 Å². The van der Waals surface area contributed by atoms with Crippen molar-refractivity contribution in [2.24, 2.45) is 17.8 Å². The molecule has 1 aromatic heterocycles. The van der Waals surface area contributed by atoms with Gasteiger partial charge in [0, 0.05) is 23.6 Å². The van der Waals surface area contributed by atoms with Crippen molar-refractivity contribution in [1.29, 1.82) is 0 Å². The van der Waals surface area contributed by atoms with Crippen LogP contribution in [0.15, 0.2) is 34.8 Å². The standard InChI is InChI=1S/C26H37NO5S/c1-15-8-7-9-16(2)25(30)19(5)26(31)18(4)22(28)13-24(29)32-23(11-10-15)17(3)12-21-14-33-20(6)27-21/h7-8,10,12,14,16,18-19,22-23,25,28,30H,9,11,13H2,1-6H3/t16-,18+,19+,22-,23-,25-/m0/s1. The number of hydrogen-bond acceptors (Lipinski definition) is 7. The zero-order valence-corrected chi connectivity index (χ0v) is 21.3. The van der Waals surface area contributed by atoms with E-state index in [0.29, 0.717) is 12.8 Å². The van der Waals surface area contributed by atoms with Crippen LogP contribution in [-0.2, 0) is 14.3 Å². The van der Waals surface area contributed by atoms with E-state index in [0.717, 1.165) is 21.8 Å². The Bertz CT molecular complexity index is 916. The molecule has 1 aliphatic heterocycles. The maximum Gasteiger partial charge on any atom is 0.309 e. The minimum Gasteiger partial charge on any atom is -0.457 e. The Balaban J connectivity index is 2.32. The van der Waals surface area contributed by atoms with E-state index >= 15 is 0 Å². The highest BCUT2D eigenvalue weighted by Gasteiger charge is 2.33. The van der Waals surface area contributed by atoms with Crippen LogP contribution in [0, 0.1) is 24.7 Å². The van der Waals surface area contributed by atoms with Crippen molar-refractivity contribution in [2.75, 3.05) is 0 Å². The Morgan fingerprint density at radius 2 is 1.85 bits per heavy atom. The molecule has 0 radical (unpaired) electrons. The fourth-order valence-corrected chi connectivity index (χ4v) is 4.46. The second-order valence-corrected chi connectivity index (χ2v) is 10.3. The first-order valence-corrected chi connectivity index (χ1v) is 12.4. The molecule has 2 N–H and O–H groups in total. The number of aliphatic hydroxyl groups is 2. The van der Waals surface area contributed by atoms with Crippen molar-refractivity contribution >= 4 is 29.2 Å². The van der Waals surface area contributed by atoms with Gasteiger partial charge in [-0.1, -0.05) is 44.6 Å². The summed E-state index contributed by atoms with van der Waals surface area (Å²) in [4.78, 5) is 29.9. The number of ketones is 1. The normalized spacial score (nSPS) is 31.3. The molecule has 0 amide bonds. The molecule has 2 heterocycles. The lowest BCUT2D eigenvalue weighted by atomic mass is 9.82. The van der Waals surface area contributed by atoms with E-state index < -0.39 is 36.1 Å². The molecule has 0 saturated carbocycles. The Kier molecular flexibility index (Phi) is 10.2. The predicted octanol–water partition coefficient (Wildman–Crippen LogP) is 4.65. The molecule has 6 atom stereocenters. The van der Waals surface area contributed by atoms with Gasteiger partial charge in [0.1, 0.15) is 11.9 Å². The minimum atomic E-state index is -1.17. The third kappa shape index (κ3) is 8.02. The number of hydrogen-bond donors (Lipinski definition) is 2. The number of aryl methyl sites for hydroxylation is 1. The minimum absolute atomic E-state index is 0.116. The first-order chi connectivity index (χ1) is 15.5. The average molecular weight is 476 g/mol. The monoisotopic (exact) mass is 475 g/mol. The van der Waals surface area contributed by atoms with Crippen LogP contribution >= 0.6 is 11.3 Å². The summed E-state index contributed by atoms with van der Waals surface area (Å²) >= 11 is 1.55. The number of allylic oxidation sites excluding steroid dienone is 3. The van der Waals surface area contributed by atoms with Gasteiger partial charge in [-0.2, -0.15) is 0 Å². The predicted molar refractivity (Wildman–Crippen MR) is 132 cm³/mol. The van der Waals surface area contributed by atoms with Crippen LogP contribution in [0.4, 0.5) is 0 Å². The van der Waals surface area contributed by atoms with Crippen molar-refractivity contribution < 1.29 is 24.5 Å². The third-order valence-corrected chi connectivity index (χ3v) is 7.07. The Labute approximate surface area is 201 Å². The van der Waals surface area contributed by atoms with E-state index in [-0.39, 0.29) is 18.1 Å². The van der Waals surface area contributed by atoms with E-state index in [1.165, 1.54) is 0 Å².